The quantitative estimate of drug-likeness (QED) is 0.694. The zero-order chi connectivity index (χ0) is 10.7. The second-order valence-electron chi connectivity index (χ2n) is 3.68. The predicted molar refractivity (Wildman–Crippen MR) is 57.6 cm³/mol. The van der Waals surface area contributed by atoms with E-state index in [1.807, 2.05) is 12.1 Å². The Hall–Kier alpha value is -1.22. The molecule has 0 spiro atoms. The summed E-state index contributed by atoms with van der Waals surface area (Å²) >= 11 is 0. The van der Waals surface area contributed by atoms with E-state index in [0.29, 0.717) is 6.10 Å². The standard InChI is InChI=1S/C12H16O3/c1-13-11-6-4-9(7-12(11)14-2)3-5-10-8-15-10/h4,6-7,10H,3,5,8H2,1-2H3/t10-/m1/s1. The molecule has 2 rings (SSSR count). The van der Waals surface area contributed by atoms with Crippen molar-refractivity contribution >= 4 is 0 Å². The Morgan fingerprint density at radius 1 is 1.27 bits per heavy atom. The van der Waals surface area contributed by atoms with Gasteiger partial charge < -0.3 is 14.2 Å². The van der Waals surface area contributed by atoms with E-state index in [4.69, 9.17) is 14.2 Å². The van der Waals surface area contributed by atoms with Crippen molar-refractivity contribution in [3.05, 3.63) is 23.8 Å². The number of hydrogen-bond acceptors (Lipinski definition) is 3. The van der Waals surface area contributed by atoms with Gasteiger partial charge in [-0.2, -0.15) is 0 Å². The monoisotopic (exact) mass is 208 g/mol. The Morgan fingerprint density at radius 3 is 2.60 bits per heavy atom. The molecule has 1 aliphatic rings. The summed E-state index contributed by atoms with van der Waals surface area (Å²) in [4.78, 5) is 0. The van der Waals surface area contributed by atoms with Crippen LogP contribution >= 0.6 is 0 Å². The van der Waals surface area contributed by atoms with Crippen molar-refractivity contribution in [1.82, 2.24) is 0 Å². The molecule has 1 aromatic rings. The molecule has 0 amide bonds. The first kappa shape index (κ1) is 10.3. The second-order valence-corrected chi connectivity index (χ2v) is 3.68. The fourth-order valence-corrected chi connectivity index (χ4v) is 1.60. The summed E-state index contributed by atoms with van der Waals surface area (Å²) in [7, 11) is 3.31. The topological polar surface area (TPSA) is 31.0 Å². The molecule has 0 bridgehead atoms. The molecule has 0 unspecified atom stereocenters. The van der Waals surface area contributed by atoms with Crippen molar-refractivity contribution in [3.8, 4) is 11.5 Å². The molecule has 1 fully saturated rings. The number of ether oxygens (including phenoxy) is 3. The summed E-state index contributed by atoms with van der Waals surface area (Å²) in [5.41, 5.74) is 1.27. The fourth-order valence-electron chi connectivity index (χ4n) is 1.60. The molecule has 0 aromatic heterocycles. The van der Waals surface area contributed by atoms with Gasteiger partial charge >= 0.3 is 0 Å². The van der Waals surface area contributed by atoms with Crippen LogP contribution in [0.5, 0.6) is 11.5 Å². The maximum atomic E-state index is 5.24. The Balaban J connectivity index is 2.03. The lowest BCUT2D eigenvalue weighted by Crippen LogP contribution is -1.94. The van der Waals surface area contributed by atoms with Crippen LogP contribution in [0.1, 0.15) is 12.0 Å². The van der Waals surface area contributed by atoms with Crippen LogP contribution in [-0.2, 0) is 11.2 Å². The molecule has 3 heteroatoms. The van der Waals surface area contributed by atoms with Crippen molar-refractivity contribution < 1.29 is 14.2 Å². The summed E-state index contributed by atoms with van der Waals surface area (Å²) < 4.78 is 15.6. The first-order valence-corrected chi connectivity index (χ1v) is 5.16. The Kier molecular flexibility index (Phi) is 3.11. The van der Waals surface area contributed by atoms with E-state index >= 15 is 0 Å². The van der Waals surface area contributed by atoms with Gasteiger partial charge in [0, 0.05) is 0 Å². The maximum Gasteiger partial charge on any atom is 0.160 e. The first-order valence-electron chi connectivity index (χ1n) is 5.16. The van der Waals surface area contributed by atoms with E-state index in [2.05, 4.69) is 6.07 Å². The van der Waals surface area contributed by atoms with Crippen LogP contribution in [-0.4, -0.2) is 26.9 Å². The average molecular weight is 208 g/mol. The SMILES string of the molecule is COc1ccc(CC[C@@H]2CO2)cc1OC. The highest BCUT2D eigenvalue weighted by Gasteiger charge is 2.21. The maximum absolute atomic E-state index is 5.24. The minimum absolute atomic E-state index is 0.484. The van der Waals surface area contributed by atoms with Crippen molar-refractivity contribution in [1.29, 1.82) is 0 Å². The van der Waals surface area contributed by atoms with Crippen LogP contribution in [0.25, 0.3) is 0 Å². The summed E-state index contributed by atoms with van der Waals surface area (Å²) in [6, 6.07) is 6.05. The van der Waals surface area contributed by atoms with Crippen molar-refractivity contribution in [2.75, 3.05) is 20.8 Å². The van der Waals surface area contributed by atoms with E-state index in [0.717, 1.165) is 30.9 Å². The van der Waals surface area contributed by atoms with Crippen LogP contribution in [0.2, 0.25) is 0 Å². The van der Waals surface area contributed by atoms with Crippen molar-refractivity contribution in [3.63, 3.8) is 0 Å². The number of aryl methyl sites for hydroxylation is 1. The Labute approximate surface area is 90.0 Å². The third-order valence-electron chi connectivity index (χ3n) is 2.61. The fraction of sp³-hybridized carbons (Fsp3) is 0.500. The lowest BCUT2D eigenvalue weighted by atomic mass is 10.1. The van der Waals surface area contributed by atoms with Gasteiger partial charge in [-0.15, -0.1) is 0 Å². The number of rotatable bonds is 5. The van der Waals surface area contributed by atoms with Gasteiger partial charge in [-0.1, -0.05) is 6.07 Å². The lowest BCUT2D eigenvalue weighted by Gasteiger charge is -2.09. The molecular formula is C12H16O3. The van der Waals surface area contributed by atoms with Crippen LogP contribution < -0.4 is 9.47 Å². The van der Waals surface area contributed by atoms with Gasteiger partial charge in [0.1, 0.15) is 0 Å². The smallest absolute Gasteiger partial charge is 0.160 e. The highest BCUT2D eigenvalue weighted by molar-refractivity contribution is 5.42. The molecule has 1 aliphatic heterocycles. The van der Waals surface area contributed by atoms with Gasteiger partial charge in [-0.05, 0) is 30.5 Å². The third kappa shape index (κ3) is 2.63. The first-order chi connectivity index (χ1) is 7.33. The summed E-state index contributed by atoms with van der Waals surface area (Å²) in [6.07, 6.45) is 2.61. The van der Waals surface area contributed by atoms with E-state index < -0.39 is 0 Å². The number of epoxide rings is 1. The van der Waals surface area contributed by atoms with Gasteiger partial charge in [0.05, 0.1) is 26.9 Å². The predicted octanol–water partition coefficient (Wildman–Crippen LogP) is 2.04. The number of benzene rings is 1. The van der Waals surface area contributed by atoms with Gasteiger partial charge in [0.15, 0.2) is 11.5 Å². The molecule has 1 atom stereocenters. The summed E-state index contributed by atoms with van der Waals surface area (Å²) in [5.74, 6) is 1.58. The summed E-state index contributed by atoms with van der Waals surface area (Å²) in [5, 5.41) is 0. The van der Waals surface area contributed by atoms with Crippen LogP contribution in [0, 0.1) is 0 Å². The average Bonchev–Trinajstić information content (AvgIpc) is 3.09. The molecule has 0 radical (unpaired) electrons. The van der Waals surface area contributed by atoms with Gasteiger partial charge in [-0.25, -0.2) is 0 Å². The lowest BCUT2D eigenvalue weighted by molar-refractivity contribution is 0.354. The molecule has 1 saturated heterocycles. The van der Waals surface area contributed by atoms with E-state index in [9.17, 15) is 0 Å². The third-order valence-corrected chi connectivity index (χ3v) is 2.61. The zero-order valence-corrected chi connectivity index (χ0v) is 9.16. The minimum atomic E-state index is 0.484. The van der Waals surface area contributed by atoms with Gasteiger partial charge in [0.2, 0.25) is 0 Å². The van der Waals surface area contributed by atoms with Gasteiger partial charge in [0.25, 0.3) is 0 Å². The van der Waals surface area contributed by atoms with Crippen molar-refractivity contribution in [2.24, 2.45) is 0 Å². The minimum Gasteiger partial charge on any atom is -0.493 e. The molecule has 3 nitrogen and oxygen atoms in total. The van der Waals surface area contributed by atoms with Crippen LogP contribution in [0.15, 0.2) is 18.2 Å². The zero-order valence-electron chi connectivity index (χ0n) is 9.16. The highest BCUT2D eigenvalue weighted by atomic mass is 16.6. The molecule has 0 saturated carbocycles. The highest BCUT2D eigenvalue weighted by Crippen LogP contribution is 2.28. The second kappa shape index (κ2) is 4.53. The molecule has 0 N–H and O–H groups in total. The molecule has 0 aliphatic carbocycles. The van der Waals surface area contributed by atoms with Crippen LogP contribution in [0.3, 0.4) is 0 Å². The largest absolute Gasteiger partial charge is 0.493 e. The molecule has 15 heavy (non-hydrogen) atoms. The van der Waals surface area contributed by atoms with Crippen molar-refractivity contribution in [2.45, 2.75) is 18.9 Å². The molecule has 1 heterocycles. The normalized spacial score (nSPS) is 18.7. The summed E-state index contributed by atoms with van der Waals surface area (Å²) in [6.45, 7) is 0.924. The van der Waals surface area contributed by atoms with E-state index in [-0.39, 0.29) is 0 Å². The molecule has 1 aromatic carbocycles. The molecule has 82 valence electrons. The number of hydrogen-bond donors (Lipinski definition) is 0. The van der Waals surface area contributed by atoms with Crippen LogP contribution in [0.4, 0.5) is 0 Å². The number of methoxy groups -OCH3 is 2. The van der Waals surface area contributed by atoms with Gasteiger partial charge in [-0.3, -0.25) is 0 Å². The molecular weight excluding hydrogens is 192 g/mol. The van der Waals surface area contributed by atoms with E-state index in [1.165, 1.54) is 5.56 Å². The Bertz CT molecular complexity index is 332. The Morgan fingerprint density at radius 2 is 2.00 bits per heavy atom. The van der Waals surface area contributed by atoms with E-state index in [1.54, 1.807) is 14.2 Å².